The molecule has 0 aromatic heterocycles. The fraction of sp³-hybridized carbons (Fsp3) is 0.643. The molecule has 0 aliphatic heterocycles. The van der Waals surface area contributed by atoms with Crippen molar-refractivity contribution < 1.29 is 4.74 Å². The maximum Gasteiger partial charge on any atom is 0.127 e. The van der Waals surface area contributed by atoms with E-state index in [0.717, 1.165) is 12.2 Å². The molecule has 0 N–H and O–H groups in total. The second-order valence-electron chi connectivity index (χ2n) is 9.03. The van der Waals surface area contributed by atoms with Gasteiger partial charge in [0.05, 0.1) is 7.11 Å². The Morgan fingerprint density at radius 1 is 0.724 bits per heavy atom. The molecule has 0 spiro atoms. The van der Waals surface area contributed by atoms with E-state index < -0.39 is 0 Å². The highest BCUT2D eigenvalue weighted by Crippen LogP contribution is 2.38. The second-order valence-corrected chi connectivity index (χ2v) is 9.03. The van der Waals surface area contributed by atoms with Gasteiger partial charge in [-0.2, -0.15) is 0 Å². The number of hydrogen-bond acceptors (Lipinski definition) is 1. The predicted molar refractivity (Wildman–Crippen MR) is 128 cm³/mol. The van der Waals surface area contributed by atoms with Gasteiger partial charge in [0.2, 0.25) is 0 Å². The summed E-state index contributed by atoms with van der Waals surface area (Å²) in [6.07, 6.45) is 18.0. The van der Waals surface area contributed by atoms with Crippen LogP contribution in [-0.2, 0) is 6.42 Å². The standard InChI is InChI=1S/C28H44O/c1-5-6-7-8-9-10-11-12-13-14-15-16-17-24-18-19-25-20-21-26(23(2)3)22-27(29-4)28(24)25/h18-23H,5-17H2,1-4H3. The third-order valence-electron chi connectivity index (χ3n) is 6.26. The zero-order valence-electron chi connectivity index (χ0n) is 19.6. The summed E-state index contributed by atoms with van der Waals surface area (Å²) in [6.45, 7) is 6.78. The van der Waals surface area contributed by atoms with Crippen LogP contribution >= 0.6 is 0 Å². The van der Waals surface area contributed by atoms with E-state index >= 15 is 0 Å². The van der Waals surface area contributed by atoms with E-state index in [1.165, 1.54) is 99.3 Å². The van der Waals surface area contributed by atoms with E-state index in [-0.39, 0.29) is 0 Å². The van der Waals surface area contributed by atoms with E-state index in [9.17, 15) is 0 Å². The minimum Gasteiger partial charge on any atom is -0.496 e. The molecule has 29 heavy (non-hydrogen) atoms. The number of ether oxygens (including phenoxy) is 1. The van der Waals surface area contributed by atoms with Crippen LogP contribution < -0.4 is 4.74 Å². The summed E-state index contributed by atoms with van der Waals surface area (Å²) in [5, 5.41) is 0. The molecule has 0 aromatic carbocycles. The first-order chi connectivity index (χ1) is 14.2. The zero-order valence-corrected chi connectivity index (χ0v) is 19.6. The molecule has 0 heterocycles. The molecule has 162 valence electrons. The first-order valence-electron chi connectivity index (χ1n) is 12.3. The van der Waals surface area contributed by atoms with E-state index in [1.807, 2.05) is 0 Å². The van der Waals surface area contributed by atoms with E-state index in [0.29, 0.717) is 5.92 Å². The molecule has 2 aliphatic carbocycles. The Labute approximate surface area is 180 Å². The van der Waals surface area contributed by atoms with Crippen molar-refractivity contribution in [2.75, 3.05) is 7.11 Å². The largest absolute Gasteiger partial charge is 0.496 e. The minimum absolute atomic E-state index is 0.514. The van der Waals surface area contributed by atoms with Crippen molar-refractivity contribution in [3.05, 3.63) is 41.5 Å². The molecule has 0 aromatic rings. The second kappa shape index (κ2) is 13.7. The van der Waals surface area contributed by atoms with Crippen molar-refractivity contribution in [2.45, 2.75) is 110 Å². The molecule has 0 saturated heterocycles. The van der Waals surface area contributed by atoms with Crippen molar-refractivity contribution in [1.82, 2.24) is 0 Å². The van der Waals surface area contributed by atoms with Gasteiger partial charge < -0.3 is 4.74 Å². The average molecular weight is 397 g/mol. The lowest BCUT2D eigenvalue weighted by Gasteiger charge is -2.08. The molecule has 0 bridgehead atoms. The van der Waals surface area contributed by atoms with Gasteiger partial charge in [0.15, 0.2) is 0 Å². The molecule has 2 aliphatic rings. The van der Waals surface area contributed by atoms with Crippen LogP contribution in [0.3, 0.4) is 0 Å². The van der Waals surface area contributed by atoms with Crippen molar-refractivity contribution in [1.29, 1.82) is 0 Å². The maximum atomic E-state index is 5.79. The Morgan fingerprint density at radius 3 is 1.83 bits per heavy atom. The van der Waals surface area contributed by atoms with Crippen molar-refractivity contribution >= 4 is 0 Å². The van der Waals surface area contributed by atoms with Gasteiger partial charge in [-0.1, -0.05) is 116 Å². The molecule has 0 amide bonds. The Morgan fingerprint density at radius 2 is 1.28 bits per heavy atom. The first kappa shape index (κ1) is 23.8. The molecule has 0 saturated carbocycles. The third kappa shape index (κ3) is 8.03. The van der Waals surface area contributed by atoms with Gasteiger partial charge in [0, 0.05) is 5.56 Å². The third-order valence-corrected chi connectivity index (χ3v) is 6.26. The predicted octanol–water partition coefficient (Wildman–Crippen LogP) is 9.17. The van der Waals surface area contributed by atoms with Crippen molar-refractivity contribution in [2.24, 2.45) is 0 Å². The molecule has 0 atom stereocenters. The Balaban J connectivity index is 1.71. The summed E-state index contributed by atoms with van der Waals surface area (Å²) in [4.78, 5) is 0. The lowest BCUT2D eigenvalue weighted by Crippen LogP contribution is -1.91. The Bertz CT molecular complexity index is 658. The molecular formula is C28H44O. The van der Waals surface area contributed by atoms with Crippen LogP contribution in [0.1, 0.15) is 115 Å². The van der Waals surface area contributed by atoms with Gasteiger partial charge >= 0.3 is 0 Å². The van der Waals surface area contributed by atoms with Crippen LogP contribution in [0.25, 0.3) is 11.1 Å². The lowest BCUT2D eigenvalue weighted by molar-refractivity contribution is 0.416. The first-order valence-corrected chi connectivity index (χ1v) is 12.3. The molecular weight excluding hydrogens is 352 g/mol. The number of unbranched alkanes of at least 4 members (excludes halogenated alkanes) is 11. The smallest absolute Gasteiger partial charge is 0.127 e. The summed E-state index contributed by atoms with van der Waals surface area (Å²) in [5.74, 6) is 1.55. The van der Waals surface area contributed by atoms with Crippen LogP contribution in [0.5, 0.6) is 5.75 Å². The summed E-state index contributed by atoms with van der Waals surface area (Å²) < 4.78 is 5.79. The lowest BCUT2D eigenvalue weighted by atomic mass is 10.0. The molecule has 0 radical (unpaired) electrons. The quantitative estimate of drug-likeness (QED) is 0.273. The number of aryl methyl sites for hydroxylation is 1. The monoisotopic (exact) mass is 396 g/mol. The van der Waals surface area contributed by atoms with Crippen molar-refractivity contribution in [3.8, 4) is 16.9 Å². The topological polar surface area (TPSA) is 9.23 Å². The summed E-state index contributed by atoms with van der Waals surface area (Å²) in [6, 6.07) is 11.3. The van der Waals surface area contributed by atoms with Crippen LogP contribution in [0.15, 0.2) is 30.3 Å². The number of rotatable bonds is 15. The van der Waals surface area contributed by atoms with E-state index in [4.69, 9.17) is 4.74 Å². The van der Waals surface area contributed by atoms with Gasteiger partial charge in [-0.3, -0.25) is 0 Å². The van der Waals surface area contributed by atoms with E-state index in [2.05, 4.69) is 51.1 Å². The fourth-order valence-corrected chi connectivity index (χ4v) is 4.32. The summed E-state index contributed by atoms with van der Waals surface area (Å²) >= 11 is 0. The normalized spacial score (nSPS) is 11.5. The van der Waals surface area contributed by atoms with Gasteiger partial charge in [0.25, 0.3) is 0 Å². The van der Waals surface area contributed by atoms with Crippen molar-refractivity contribution in [3.63, 3.8) is 0 Å². The molecule has 0 unspecified atom stereocenters. The van der Waals surface area contributed by atoms with Gasteiger partial charge in [-0.05, 0) is 41.5 Å². The number of hydrogen-bond donors (Lipinski definition) is 0. The average Bonchev–Trinajstić information content (AvgIpc) is 3.01. The molecule has 0 fully saturated rings. The van der Waals surface area contributed by atoms with Gasteiger partial charge in [-0.15, -0.1) is 0 Å². The van der Waals surface area contributed by atoms with Crippen LogP contribution in [0.2, 0.25) is 0 Å². The van der Waals surface area contributed by atoms with Crippen LogP contribution in [0.4, 0.5) is 0 Å². The van der Waals surface area contributed by atoms with Gasteiger partial charge in [0.1, 0.15) is 5.75 Å². The van der Waals surface area contributed by atoms with Gasteiger partial charge in [-0.25, -0.2) is 0 Å². The van der Waals surface area contributed by atoms with Crippen LogP contribution in [-0.4, -0.2) is 7.11 Å². The fourth-order valence-electron chi connectivity index (χ4n) is 4.32. The van der Waals surface area contributed by atoms with E-state index in [1.54, 1.807) is 7.11 Å². The number of fused-ring (bicyclic) bond motifs is 1. The van der Waals surface area contributed by atoms with Crippen LogP contribution in [0, 0.1) is 0 Å². The summed E-state index contributed by atoms with van der Waals surface area (Å²) in [7, 11) is 1.81. The zero-order chi connectivity index (χ0) is 20.9. The molecule has 1 nitrogen and oxygen atoms in total. The SMILES string of the molecule is CCCCCCCCCCCCCCc1ccc2ccc(C(C)C)cc(OC)c1-2. The maximum absolute atomic E-state index is 5.79. The number of methoxy groups -OCH3 is 1. The minimum atomic E-state index is 0.514. The Hall–Kier alpha value is -1.50. The summed E-state index contributed by atoms with van der Waals surface area (Å²) in [5.41, 5.74) is 5.43. The highest BCUT2D eigenvalue weighted by molar-refractivity contribution is 5.77. The Kier molecular flexibility index (Phi) is 11.2. The highest BCUT2D eigenvalue weighted by atomic mass is 16.5. The molecule has 1 heteroatoms. The highest BCUT2D eigenvalue weighted by Gasteiger charge is 2.15. The molecule has 2 rings (SSSR count).